The summed E-state index contributed by atoms with van der Waals surface area (Å²) in [5, 5.41) is 0. The van der Waals surface area contributed by atoms with Gasteiger partial charge in [-0.3, -0.25) is 9.69 Å². The molecule has 0 saturated carbocycles. The molecule has 3 aromatic rings. The SMILES string of the molecule is COc1ccc(C(=O)N2CCn3c2nc2ccccc23)cc1OC. The van der Waals surface area contributed by atoms with Gasteiger partial charge in [0.25, 0.3) is 5.91 Å². The number of amides is 1. The van der Waals surface area contributed by atoms with Crippen molar-refractivity contribution in [2.75, 3.05) is 25.7 Å². The minimum atomic E-state index is -0.0926. The molecule has 0 saturated heterocycles. The number of carbonyl (C=O) groups excluding carboxylic acids is 1. The number of hydrogen-bond donors (Lipinski definition) is 0. The van der Waals surface area contributed by atoms with Crippen LogP contribution in [-0.2, 0) is 6.54 Å². The van der Waals surface area contributed by atoms with E-state index in [1.165, 1.54) is 0 Å². The number of nitrogens with zero attached hydrogens (tertiary/aromatic N) is 3. The van der Waals surface area contributed by atoms with Gasteiger partial charge in [0, 0.05) is 18.7 Å². The van der Waals surface area contributed by atoms with E-state index < -0.39 is 0 Å². The molecule has 2 heterocycles. The molecule has 0 spiro atoms. The first-order valence-electron chi connectivity index (χ1n) is 7.72. The lowest BCUT2D eigenvalue weighted by atomic mass is 10.1. The highest BCUT2D eigenvalue weighted by molar-refractivity contribution is 6.06. The average molecular weight is 323 g/mol. The summed E-state index contributed by atoms with van der Waals surface area (Å²) in [5.74, 6) is 1.74. The van der Waals surface area contributed by atoms with Crippen molar-refractivity contribution in [1.29, 1.82) is 0 Å². The second-order valence-electron chi connectivity index (χ2n) is 5.58. The molecule has 4 rings (SSSR count). The van der Waals surface area contributed by atoms with Gasteiger partial charge in [-0.05, 0) is 30.3 Å². The van der Waals surface area contributed by atoms with Crippen LogP contribution in [0, 0.1) is 0 Å². The molecule has 122 valence electrons. The van der Waals surface area contributed by atoms with E-state index >= 15 is 0 Å². The molecule has 1 aromatic heterocycles. The van der Waals surface area contributed by atoms with Crippen molar-refractivity contribution in [2.45, 2.75) is 6.54 Å². The van der Waals surface area contributed by atoms with Gasteiger partial charge in [0.15, 0.2) is 11.5 Å². The van der Waals surface area contributed by atoms with Crippen molar-refractivity contribution < 1.29 is 14.3 Å². The molecule has 0 unspecified atom stereocenters. The topological polar surface area (TPSA) is 56.6 Å². The molecule has 1 aliphatic heterocycles. The second-order valence-corrected chi connectivity index (χ2v) is 5.58. The third-order valence-corrected chi connectivity index (χ3v) is 4.30. The van der Waals surface area contributed by atoms with Crippen molar-refractivity contribution in [2.24, 2.45) is 0 Å². The van der Waals surface area contributed by atoms with E-state index in [0.717, 1.165) is 17.6 Å². The summed E-state index contributed by atoms with van der Waals surface area (Å²) in [7, 11) is 3.13. The van der Waals surface area contributed by atoms with Gasteiger partial charge < -0.3 is 14.0 Å². The van der Waals surface area contributed by atoms with Crippen molar-refractivity contribution in [1.82, 2.24) is 9.55 Å². The lowest BCUT2D eigenvalue weighted by Crippen LogP contribution is -2.29. The molecular formula is C18H17N3O3. The predicted molar refractivity (Wildman–Crippen MR) is 91.0 cm³/mol. The smallest absolute Gasteiger partial charge is 0.260 e. The molecule has 2 aromatic carbocycles. The number of methoxy groups -OCH3 is 2. The maximum absolute atomic E-state index is 12.9. The average Bonchev–Trinajstić information content (AvgIpc) is 3.19. The maximum atomic E-state index is 12.9. The number of rotatable bonds is 3. The van der Waals surface area contributed by atoms with E-state index in [1.54, 1.807) is 37.3 Å². The number of imidazole rings is 1. The third kappa shape index (κ3) is 2.11. The Bertz CT molecular complexity index is 932. The largest absolute Gasteiger partial charge is 0.493 e. The van der Waals surface area contributed by atoms with Crippen molar-refractivity contribution in [3.8, 4) is 11.5 Å². The molecule has 0 N–H and O–H groups in total. The van der Waals surface area contributed by atoms with Crippen molar-refractivity contribution in [3.05, 3.63) is 48.0 Å². The van der Waals surface area contributed by atoms with Gasteiger partial charge in [-0.1, -0.05) is 12.1 Å². The van der Waals surface area contributed by atoms with Gasteiger partial charge in [-0.15, -0.1) is 0 Å². The van der Waals surface area contributed by atoms with Crippen LogP contribution in [-0.4, -0.2) is 36.2 Å². The molecule has 0 bridgehead atoms. The first-order valence-corrected chi connectivity index (χ1v) is 7.72. The molecular weight excluding hydrogens is 306 g/mol. The van der Waals surface area contributed by atoms with E-state index in [0.29, 0.717) is 29.6 Å². The van der Waals surface area contributed by atoms with E-state index in [9.17, 15) is 4.79 Å². The zero-order chi connectivity index (χ0) is 16.7. The molecule has 1 aliphatic rings. The lowest BCUT2D eigenvalue weighted by Gasteiger charge is -2.15. The number of para-hydroxylation sites is 2. The van der Waals surface area contributed by atoms with Gasteiger partial charge in [-0.2, -0.15) is 0 Å². The summed E-state index contributed by atoms with van der Waals surface area (Å²) in [6, 6.07) is 13.1. The summed E-state index contributed by atoms with van der Waals surface area (Å²) < 4.78 is 12.6. The number of carbonyl (C=O) groups is 1. The van der Waals surface area contributed by atoms with Gasteiger partial charge in [0.1, 0.15) is 0 Å². The highest BCUT2D eigenvalue weighted by Crippen LogP contribution is 2.31. The third-order valence-electron chi connectivity index (χ3n) is 4.30. The van der Waals surface area contributed by atoms with Crippen LogP contribution >= 0.6 is 0 Å². The quantitative estimate of drug-likeness (QED) is 0.744. The Morgan fingerprint density at radius 1 is 1.04 bits per heavy atom. The van der Waals surface area contributed by atoms with Crippen LogP contribution in [0.5, 0.6) is 11.5 Å². The first-order chi connectivity index (χ1) is 11.7. The molecule has 24 heavy (non-hydrogen) atoms. The lowest BCUT2D eigenvalue weighted by molar-refractivity contribution is 0.0988. The Morgan fingerprint density at radius 3 is 2.62 bits per heavy atom. The molecule has 0 radical (unpaired) electrons. The van der Waals surface area contributed by atoms with Crippen LogP contribution in [0.15, 0.2) is 42.5 Å². The number of ether oxygens (including phenoxy) is 2. The summed E-state index contributed by atoms with van der Waals surface area (Å²) in [6.07, 6.45) is 0. The minimum Gasteiger partial charge on any atom is -0.493 e. The van der Waals surface area contributed by atoms with E-state index in [-0.39, 0.29) is 5.91 Å². The summed E-state index contributed by atoms with van der Waals surface area (Å²) in [4.78, 5) is 19.2. The van der Waals surface area contributed by atoms with Gasteiger partial charge in [0.2, 0.25) is 5.95 Å². The highest BCUT2D eigenvalue weighted by Gasteiger charge is 2.29. The Kier molecular flexibility index (Phi) is 3.37. The van der Waals surface area contributed by atoms with Gasteiger partial charge in [-0.25, -0.2) is 4.98 Å². The van der Waals surface area contributed by atoms with Crippen LogP contribution in [0.3, 0.4) is 0 Å². The predicted octanol–water partition coefficient (Wildman–Crippen LogP) is 2.71. The number of benzene rings is 2. The van der Waals surface area contributed by atoms with Crippen molar-refractivity contribution >= 4 is 22.9 Å². The Balaban J connectivity index is 1.72. The zero-order valence-corrected chi connectivity index (χ0v) is 13.5. The van der Waals surface area contributed by atoms with Gasteiger partial charge in [0.05, 0.1) is 25.3 Å². The molecule has 0 atom stereocenters. The summed E-state index contributed by atoms with van der Waals surface area (Å²) in [5.41, 5.74) is 2.50. The standard InChI is InChI=1S/C18H17N3O3/c1-23-15-8-7-12(11-16(15)24-2)17(22)21-10-9-20-14-6-4-3-5-13(14)19-18(20)21/h3-8,11H,9-10H2,1-2H3. The van der Waals surface area contributed by atoms with E-state index in [2.05, 4.69) is 9.55 Å². The van der Waals surface area contributed by atoms with Crippen molar-refractivity contribution in [3.63, 3.8) is 0 Å². The maximum Gasteiger partial charge on any atom is 0.260 e. The Hall–Kier alpha value is -3.02. The molecule has 0 fully saturated rings. The van der Waals surface area contributed by atoms with E-state index in [4.69, 9.17) is 9.47 Å². The van der Waals surface area contributed by atoms with Crippen LogP contribution < -0.4 is 14.4 Å². The van der Waals surface area contributed by atoms with Crippen LogP contribution in [0.1, 0.15) is 10.4 Å². The monoisotopic (exact) mass is 323 g/mol. The molecule has 6 heteroatoms. The second kappa shape index (κ2) is 5.56. The minimum absolute atomic E-state index is 0.0926. The Labute approximate surface area is 139 Å². The van der Waals surface area contributed by atoms with Crippen LogP contribution in [0.2, 0.25) is 0 Å². The van der Waals surface area contributed by atoms with Gasteiger partial charge >= 0.3 is 0 Å². The number of aromatic nitrogens is 2. The number of fused-ring (bicyclic) bond motifs is 3. The Morgan fingerprint density at radius 2 is 1.83 bits per heavy atom. The highest BCUT2D eigenvalue weighted by atomic mass is 16.5. The zero-order valence-electron chi connectivity index (χ0n) is 13.5. The molecule has 0 aliphatic carbocycles. The normalized spacial score (nSPS) is 13.2. The summed E-state index contributed by atoms with van der Waals surface area (Å²) >= 11 is 0. The van der Waals surface area contributed by atoms with E-state index in [1.807, 2.05) is 24.3 Å². The summed E-state index contributed by atoms with van der Waals surface area (Å²) in [6.45, 7) is 1.36. The first kappa shape index (κ1) is 14.6. The fourth-order valence-electron chi connectivity index (χ4n) is 3.11. The fraction of sp³-hybridized carbons (Fsp3) is 0.222. The molecule has 6 nitrogen and oxygen atoms in total. The fourth-order valence-corrected chi connectivity index (χ4v) is 3.11. The molecule has 1 amide bonds. The number of anilines is 1. The van der Waals surface area contributed by atoms with Crippen LogP contribution in [0.4, 0.5) is 5.95 Å². The number of hydrogen-bond acceptors (Lipinski definition) is 4. The van der Waals surface area contributed by atoms with Crippen LogP contribution in [0.25, 0.3) is 11.0 Å².